The van der Waals surface area contributed by atoms with Crippen molar-refractivity contribution in [1.82, 2.24) is 4.72 Å². The highest BCUT2D eigenvalue weighted by atomic mass is 32.2. The van der Waals surface area contributed by atoms with E-state index in [1.54, 1.807) is 0 Å². The van der Waals surface area contributed by atoms with Crippen molar-refractivity contribution in [2.45, 2.75) is 25.1 Å². The number of nitrogens with one attached hydrogen (secondary N) is 2. The van der Waals surface area contributed by atoms with Gasteiger partial charge in [-0.15, -0.1) is 0 Å². The van der Waals surface area contributed by atoms with E-state index < -0.39 is 21.9 Å². The Kier molecular flexibility index (Phi) is 4.13. The third-order valence-corrected chi connectivity index (χ3v) is 4.11. The topological polar surface area (TPSA) is 84.2 Å². The van der Waals surface area contributed by atoms with Crippen molar-refractivity contribution in [3.05, 3.63) is 29.3 Å². The molecule has 1 aliphatic carbocycles. The van der Waals surface area contributed by atoms with Gasteiger partial charge < -0.3 is 5.73 Å². The third kappa shape index (κ3) is 4.29. The minimum Gasteiger partial charge on any atom is -0.389 e. The maximum absolute atomic E-state index is 12.6. The van der Waals surface area contributed by atoms with Gasteiger partial charge in [-0.05, 0) is 31.0 Å². The van der Waals surface area contributed by atoms with Gasteiger partial charge in [-0.25, -0.2) is 0 Å². The first-order chi connectivity index (χ1) is 9.58. The second-order valence-electron chi connectivity index (χ2n) is 4.62. The van der Waals surface area contributed by atoms with Gasteiger partial charge in [0.05, 0.1) is 11.3 Å². The molecule has 5 nitrogen and oxygen atoms in total. The number of hydrogen-bond acceptors (Lipinski definition) is 3. The van der Waals surface area contributed by atoms with Crippen LogP contribution in [0, 0.1) is 0 Å². The molecule has 1 aromatic rings. The van der Waals surface area contributed by atoms with Crippen LogP contribution >= 0.6 is 12.2 Å². The van der Waals surface area contributed by atoms with Crippen molar-refractivity contribution in [2.24, 2.45) is 5.73 Å². The normalized spacial score (nSPS) is 15.8. The molecule has 0 heterocycles. The summed E-state index contributed by atoms with van der Waals surface area (Å²) in [5.41, 5.74) is 4.14. The summed E-state index contributed by atoms with van der Waals surface area (Å²) in [6, 6.07) is 2.34. The smallest absolute Gasteiger partial charge is 0.389 e. The maximum atomic E-state index is 12.6. The van der Waals surface area contributed by atoms with Crippen molar-refractivity contribution >= 4 is 33.1 Å². The molecule has 1 aliphatic rings. The zero-order chi connectivity index (χ0) is 15.8. The zero-order valence-electron chi connectivity index (χ0n) is 10.6. The van der Waals surface area contributed by atoms with Gasteiger partial charge in [-0.3, -0.25) is 4.72 Å². The summed E-state index contributed by atoms with van der Waals surface area (Å²) in [5, 5.41) is 0. The van der Waals surface area contributed by atoms with Crippen LogP contribution in [-0.2, 0) is 16.4 Å². The highest BCUT2D eigenvalue weighted by Crippen LogP contribution is 2.32. The average Bonchev–Trinajstić information content (AvgIpc) is 3.10. The van der Waals surface area contributed by atoms with Crippen molar-refractivity contribution in [2.75, 3.05) is 4.72 Å². The summed E-state index contributed by atoms with van der Waals surface area (Å²) in [6.07, 6.45) is -3.10. The number of rotatable bonds is 5. The number of alkyl halides is 3. The first kappa shape index (κ1) is 16.0. The van der Waals surface area contributed by atoms with Crippen molar-refractivity contribution in [1.29, 1.82) is 0 Å². The summed E-state index contributed by atoms with van der Waals surface area (Å²) in [5.74, 6) is 0. The van der Waals surface area contributed by atoms with Crippen LogP contribution in [0.3, 0.4) is 0 Å². The van der Waals surface area contributed by atoms with Crippen LogP contribution in [0.4, 0.5) is 18.9 Å². The van der Waals surface area contributed by atoms with Gasteiger partial charge in [0, 0.05) is 11.6 Å². The molecule has 1 saturated carbocycles. The average molecular weight is 339 g/mol. The Balaban J connectivity index is 2.32. The number of hydrogen-bond donors (Lipinski definition) is 3. The second kappa shape index (κ2) is 5.43. The van der Waals surface area contributed by atoms with Gasteiger partial charge in [-0.2, -0.15) is 26.3 Å². The van der Waals surface area contributed by atoms with Gasteiger partial charge in [0.1, 0.15) is 4.99 Å². The van der Waals surface area contributed by atoms with Crippen LogP contribution < -0.4 is 15.2 Å². The van der Waals surface area contributed by atoms with Crippen LogP contribution in [0.1, 0.15) is 24.0 Å². The summed E-state index contributed by atoms with van der Waals surface area (Å²) in [6.45, 7) is 0. The molecule has 0 saturated heterocycles. The van der Waals surface area contributed by atoms with E-state index in [1.807, 2.05) is 0 Å². The molecular weight excluding hydrogens is 327 g/mol. The summed E-state index contributed by atoms with van der Waals surface area (Å²) in [7, 11) is -3.87. The Hall–Kier alpha value is -1.39. The molecule has 116 valence electrons. The standard InChI is InChI=1S/C11H12F3N3O2S2/c12-11(13,14)6-1-4-9(8(5-6)10(15)20)17-21(18,19)16-7-2-3-7/h1,4-5,7,16-17H,2-3H2,(H2,15,20). The van der Waals surface area contributed by atoms with Gasteiger partial charge in [0.25, 0.3) is 10.2 Å². The number of halogens is 3. The largest absolute Gasteiger partial charge is 0.416 e. The molecule has 4 N–H and O–H groups in total. The van der Waals surface area contributed by atoms with Gasteiger partial charge in [0.15, 0.2) is 0 Å². The monoisotopic (exact) mass is 339 g/mol. The van der Waals surface area contributed by atoms with E-state index in [4.69, 9.17) is 5.73 Å². The van der Waals surface area contributed by atoms with E-state index in [9.17, 15) is 21.6 Å². The Labute approximate surface area is 124 Å². The number of nitrogens with two attached hydrogens (primary N) is 1. The lowest BCUT2D eigenvalue weighted by Gasteiger charge is -2.14. The number of thiocarbonyl (C=S) groups is 1. The van der Waals surface area contributed by atoms with E-state index >= 15 is 0 Å². The fourth-order valence-electron chi connectivity index (χ4n) is 1.61. The van der Waals surface area contributed by atoms with Gasteiger partial charge in [0.2, 0.25) is 0 Å². The summed E-state index contributed by atoms with van der Waals surface area (Å²) >= 11 is 4.68. The summed E-state index contributed by atoms with van der Waals surface area (Å²) < 4.78 is 66.0. The Morgan fingerprint density at radius 3 is 2.43 bits per heavy atom. The van der Waals surface area contributed by atoms with E-state index in [-0.39, 0.29) is 22.3 Å². The number of anilines is 1. The van der Waals surface area contributed by atoms with Crippen LogP contribution in [0.5, 0.6) is 0 Å². The van der Waals surface area contributed by atoms with Crippen molar-refractivity contribution in [3.8, 4) is 0 Å². The maximum Gasteiger partial charge on any atom is 0.416 e. The molecule has 0 amide bonds. The van der Waals surface area contributed by atoms with Gasteiger partial charge in [-0.1, -0.05) is 12.2 Å². The van der Waals surface area contributed by atoms with Crippen molar-refractivity contribution < 1.29 is 21.6 Å². The Bertz CT molecular complexity index is 670. The summed E-state index contributed by atoms with van der Waals surface area (Å²) in [4.78, 5) is -0.328. The van der Waals surface area contributed by atoms with Crippen LogP contribution in [0.15, 0.2) is 18.2 Å². The molecule has 2 rings (SSSR count). The molecule has 1 aromatic carbocycles. The van der Waals surface area contributed by atoms with Crippen molar-refractivity contribution in [3.63, 3.8) is 0 Å². The molecule has 1 fully saturated rings. The van der Waals surface area contributed by atoms with E-state index in [0.29, 0.717) is 0 Å². The Morgan fingerprint density at radius 1 is 1.33 bits per heavy atom. The second-order valence-corrected chi connectivity index (χ2v) is 6.51. The van der Waals surface area contributed by atoms with Gasteiger partial charge >= 0.3 is 6.18 Å². The molecule has 0 aromatic heterocycles. The highest BCUT2D eigenvalue weighted by Gasteiger charge is 2.32. The van der Waals surface area contributed by atoms with E-state index in [1.165, 1.54) is 0 Å². The van der Waals surface area contributed by atoms with Crippen LogP contribution in [-0.4, -0.2) is 19.4 Å². The fraction of sp³-hybridized carbons (Fsp3) is 0.364. The van der Waals surface area contributed by atoms with Crippen LogP contribution in [0.25, 0.3) is 0 Å². The first-order valence-corrected chi connectivity index (χ1v) is 7.79. The first-order valence-electron chi connectivity index (χ1n) is 5.89. The van der Waals surface area contributed by atoms with E-state index in [0.717, 1.165) is 31.0 Å². The molecule has 0 spiro atoms. The van der Waals surface area contributed by atoms with Crippen LogP contribution in [0.2, 0.25) is 0 Å². The predicted octanol–water partition coefficient (Wildman–Crippen LogP) is 1.75. The lowest BCUT2D eigenvalue weighted by Crippen LogP contribution is -2.32. The minimum absolute atomic E-state index is 0.0938. The lowest BCUT2D eigenvalue weighted by molar-refractivity contribution is -0.137. The Morgan fingerprint density at radius 2 is 1.95 bits per heavy atom. The number of benzene rings is 1. The molecule has 21 heavy (non-hydrogen) atoms. The minimum atomic E-state index is -4.57. The molecule has 0 atom stereocenters. The molecule has 10 heteroatoms. The zero-order valence-corrected chi connectivity index (χ0v) is 12.2. The quantitative estimate of drug-likeness (QED) is 0.714. The third-order valence-electron chi connectivity index (χ3n) is 2.76. The molecule has 0 unspecified atom stereocenters. The predicted molar refractivity (Wildman–Crippen MR) is 76.0 cm³/mol. The molecule has 0 aliphatic heterocycles. The lowest BCUT2D eigenvalue weighted by atomic mass is 10.1. The molecule has 0 radical (unpaired) electrons. The fourth-order valence-corrected chi connectivity index (χ4v) is 2.98. The highest BCUT2D eigenvalue weighted by molar-refractivity contribution is 7.90. The molecule has 0 bridgehead atoms. The van der Waals surface area contributed by atoms with E-state index in [2.05, 4.69) is 21.7 Å². The SMILES string of the molecule is NC(=S)c1cc(C(F)(F)F)ccc1NS(=O)(=O)NC1CC1. The molecular formula is C11H12F3N3O2S2.